The average Bonchev–Trinajstić information content (AvgIpc) is 3.62. The summed E-state index contributed by atoms with van der Waals surface area (Å²) in [7, 11) is 3.38. The number of rotatable bonds is 4. The zero-order valence-electron chi connectivity index (χ0n) is 16.0. The maximum atomic E-state index is 13.7. The number of carbonyl (C=O) groups excluding carboxylic acids is 1. The fourth-order valence-corrected chi connectivity index (χ4v) is 5.65. The molecule has 0 amide bonds. The highest BCUT2D eigenvalue weighted by molar-refractivity contribution is 5.98. The van der Waals surface area contributed by atoms with Gasteiger partial charge in [-0.3, -0.25) is 4.79 Å². The van der Waals surface area contributed by atoms with Gasteiger partial charge in [0.25, 0.3) is 0 Å². The minimum absolute atomic E-state index is 0.103. The highest BCUT2D eigenvalue weighted by Crippen LogP contribution is 2.75. The predicted octanol–water partition coefficient (Wildman–Crippen LogP) is 5.10. The molecule has 3 saturated carbocycles. The van der Waals surface area contributed by atoms with Crippen LogP contribution >= 0.6 is 0 Å². The number of ketones is 1. The van der Waals surface area contributed by atoms with Crippen molar-refractivity contribution in [1.29, 1.82) is 0 Å². The number of hydrogen-bond donors (Lipinski definition) is 0. The summed E-state index contributed by atoms with van der Waals surface area (Å²) in [6.07, 6.45) is 5.33. The monoisotopic (exact) mass is 362 g/mol. The van der Waals surface area contributed by atoms with E-state index in [1.54, 1.807) is 14.2 Å². The van der Waals surface area contributed by atoms with Crippen molar-refractivity contribution in [3.05, 3.63) is 59.7 Å². The van der Waals surface area contributed by atoms with Crippen molar-refractivity contribution in [1.82, 2.24) is 0 Å². The summed E-state index contributed by atoms with van der Waals surface area (Å²) in [4.78, 5) is 13.7. The van der Waals surface area contributed by atoms with E-state index in [-0.39, 0.29) is 10.8 Å². The summed E-state index contributed by atoms with van der Waals surface area (Å²) in [6, 6.07) is 16.6. The van der Waals surface area contributed by atoms with Crippen molar-refractivity contribution in [3.8, 4) is 11.5 Å². The summed E-state index contributed by atoms with van der Waals surface area (Å²) in [6.45, 7) is 0. The second-order valence-corrected chi connectivity index (χ2v) is 8.55. The molecule has 0 bridgehead atoms. The van der Waals surface area contributed by atoms with Crippen molar-refractivity contribution in [3.63, 3.8) is 0 Å². The van der Waals surface area contributed by atoms with Gasteiger partial charge in [0.2, 0.25) is 0 Å². The van der Waals surface area contributed by atoms with Crippen LogP contribution in [-0.2, 0) is 4.79 Å². The van der Waals surface area contributed by atoms with Gasteiger partial charge >= 0.3 is 0 Å². The smallest absolute Gasteiger partial charge is 0.146 e. The number of hydrogen-bond acceptors (Lipinski definition) is 3. The van der Waals surface area contributed by atoms with E-state index < -0.39 is 0 Å². The molecule has 3 fully saturated rings. The van der Waals surface area contributed by atoms with Crippen molar-refractivity contribution in [2.45, 2.75) is 43.9 Å². The van der Waals surface area contributed by atoms with Crippen LogP contribution in [0, 0.1) is 10.8 Å². The molecule has 0 N–H and O–H groups in total. The standard InChI is InChI=1S/C24H26O3/c1-26-18-8-4-16(5-9-18)20-14-23(20)12-3-13-24(22(23)25)15-21(24)17-6-10-19(27-2)11-7-17/h4-11,20-21H,3,12-15H2,1-2H3/t20-,21-,23+,24+/m0/s1. The van der Waals surface area contributed by atoms with Crippen LogP contribution in [0.25, 0.3) is 0 Å². The first-order valence-corrected chi connectivity index (χ1v) is 9.96. The van der Waals surface area contributed by atoms with Crippen LogP contribution in [0.5, 0.6) is 11.5 Å². The molecule has 2 aromatic rings. The van der Waals surface area contributed by atoms with Gasteiger partial charge in [-0.2, -0.15) is 0 Å². The number of carbonyl (C=O) groups is 1. The summed E-state index contributed by atoms with van der Waals surface area (Å²) < 4.78 is 10.5. The molecule has 2 aromatic carbocycles. The van der Waals surface area contributed by atoms with Gasteiger partial charge in [0.1, 0.15) is 17.3 Å². The maximum Gasteiger partial charge on any atom is 0.146 e. The van der Waals surface area contributed by atoms with E-state index in [0.29, 0.717) is 17.6 Å². The summed E-state index contributed by atoms with van der Waals surface area (Å²) in [5.74, 6) is 3.08. The second kappa shape index (κ2) is 5.85. The third kappa shape index (κ3) is 2.44. The summed E-state index contributed by atoms with van der Waals surface area (Å²) >= 11 is 0. The molecule has 3 heteroatoms. The van der Waals surface area contributed by atoms with E-state index in [9.17, 15) is 4.79 Å². The molecule has 3 nitrogen and oxygen atoms in total. The van der Waals surface area contributed by atoms with Crippen LogP contribution in [0.1, 0.15) is 55.1 Å². The largest absolute Gasteiger partial charge is 0.497 e. The van der Waals surface area contributed by atoms with Gasteiger partial charge in [0, 0.05) is 10.8 Å². The first kappa shape index (κ1) is 16.9. The first-order valence-electron chi connectivity index (χ1n) is 9.96. The summed E-state index contributed by atoms with van der Waals surface area (Å²) in [5, 5.41) is 0. The van der Waals surface area contributed by atoms with Gasteiger partial charge in [-0.15, -0.1) is 0 Å². The molecule has 0 aromatic heterocycles. The van der Waals surface area contributed by atoms with E-state index >= 15 is 0 Å². The van der Waals surface area contributed by atoms with Gasteiger partial charge in [0.15, 0.2) is 0 Å². The molecule has 0 unspecified atom stereocenters. The van der Waals surface area contributed by atoms with Crippen LogP contribution in [0.15, 0.2) is 48.5 Å². The zero-order chi connectivity index (χ0) is 18.6. The number of methoxy groups -OCH3 is 2. The Morgan fingerprint density at radius 2 is 1.15 bits per heavy atom. The molecule has 4 atom stereocenters. The van der Waals surface area contributed by atoms with Crippen molar-refractivity contribution in [2.75, 3.05) is 14.2 Å². The van der Waals surface area contributed by atoms with Gasteiger partial charge in [-0.25, -0.2) is 0 Å². The molecular formula is C24H26O3. The van der Waals surface area contributed by atoms with Crippen LogP contribution in [0.2, 0.25) is 0 Å². The Balaban J connectivity index is 1.37. The van der Waals surface area contributed by atoms with Crippen LogP contribution in [-0.4, -0.2) is 20.0 Å². The Hall–Kier alpha value is -2.29. The lowest BCUT2D eigenvalue weighted by molar-refractivity contribution is -0.132. The van der Waals surface area contributed by atoms with E-state index in [4.69, 9.17) is 9.47 Å². The summed E-state index contributed by atoms with van der Waals surface area (Å²) in [5.41, 5.74) is 2.38. The van der Waals surface area contributed by atoms with E-state index in [1.807, 2.05) is 24.3 Å². The SMILES string of the molecule is COc1ccc([C@@H]2C[C@]23CCC[C@]2(C[C@H]2c2ccc(OC)cc2)C3=O)cc1. The molecule has 27 heavy (non-hydrogen) atoms. The highest BCUT2D eigenvalue weighted by Gasteiger charge is 2.72. The Labute approximate surface area is 160 Å². The van der Waals surface area contributed by atoms with Crippen molar-refractivity contribution in [2.24, 2.45) is 10.8 Å². The quantitative estimate of drug-likeness (QED) is 0.759. The molecule has 5 rings (SSSR count). The van der Waals surface area contributed by atoms with Gasteiger partial charge in [-0.05, 0) is 72.9 Å². The Morgan fingerprint density at radius 3 is 1.52 bits per heavy atom. The van der Waals surface area contributed by atoms with E-state index in [1.165, 1.54) is 17.5 Å². The van der Waals surface area contributed by atoms with Crippen LogP contribution in [0.4, 0.5) is 0 Å². The van der Waals surface area contributed by atoms with Gasteiger partial charge in [-0.1, -0.05) is 30.7 Å². The predicted molar refractivity (Wildman–Crippen MR) is 104 cm³/mol. The molecule has 0 saturated heterocycles. The lowest BCUT2D eigenvalue weighted by atomic mass is 9.72. The number of benzene rings is 2. The normalized spacial score (nSPS) is 33.9. The number of ether oxygens (including phenoxy) is 2. The fourth-order valence-electron chi connectivity index (χ4n) is 5.65. The van der Waals surface area contributed by atoms with Crippen LogP contribution < -0.4 is 9.47 Å². The second-order valence-electron chi connectivity index (χ2n) is 8.55. The third-order valence-corrected chi connectivity index (χ3v) is 7.34. The van der Waals surface area contributed by atoms with E-state index in [0.717, 1.165) is 37.2 Å². The lowest BCUT2D eigenvalue weighted by Crippen LogP contribution is -2.33. The van der Waals surface area contributed by atoms with Crippen molar-refractivity contribution < 1.29 is 14.3 Å². The Kier molecular flexibility index (Phi) is 3.65. The fraction of sp³-hybridized carbons (Fsp3) is 0.458. The molecule has 3 aliphatic carbocycles. The first-order chi connectivity index (χ1) is 13.1. The van der Waals surface area contributed by atoms with Crippen molar-refractivity contribution >= 4 is 5.78 Å². The minimum atomic E-state index is -0.103. The molecule has 0 heterocycles. The molecular weight excluding hydrogens is 336 g/mol. The average molecular weight is 362 g/mol. The van der Waals surface area contributed by atoms with Gasteiger partial charge < -0.3 is 9.47 Å². The molecule has 140 valence electrons. The zero-order valence-corrected chi connectivity index (χ0v) is 16.0. The topological polar surface area (TPSA) is 35.5 Å². The third-order valence-electron chi connectivity index (χ3n) is 7.34. The molecule has 2 spiro atoms. The van der Waals surface area contributed by atoms with Gasteiger partial charge in [0.05, 0.1) is 14.2 Å². The Bertz CT molecular complexity index is 798. The van der Waals surface area contributed by atoms with E-state index in [2.05, 4.69) is 24.3 Å². The molecule has 3 aliphatic rings. The Morgan fingerprint density at radius 1 is 0.741 bits per heavy atom. The lowest BCUT2D eigenvalue weighted by Gasteiger charge is -2.30. The highest BCUT2D eigenvalue weighted by atomic mass is 16.5. The maximum absolute atomic E-state index is 13.7. The van der Waals surface area contributed by atoms with Crippen LogP contribution in [0.3, 0.4) is 0 Å². The number of Topliss-reactive ketones (excluding diaryl/α,β-unsaturated/α-hetero) is 1. The molecule has 0 aliphatic heterocycles. The minimum Gasteiger partial charge on any atom is -0.497 e. The molecule has 0 radical (unpaired) electrons.